The molecule has 1 fully saturated rings. The number of esters is 1. The highest BCUT2D eigenvalue weighted by molar-refractivity contribution is 7.86. The first-order valence-corrected chi connectivity index (χ1v) is 13.7. The number of anilines is 1. The number of hydrogen-bond donors (Lipinski definition) is 2. The van der Waals surface area contributed by atoms with Gasteiger partial charge in [0.05, 0.1) is 29.6 Å². The minimum atomic E-state index is -3.76. The lowest BCUT2D eigenvalue weighted by atomic mass is 9.62. The van der Waals surface area contributed by atoms with Gasteiger partial charge in [0.2, 0.25) is 0 Å². The summed E-state index contributed by atoms with van der Waals surface area (Å²) < 4.78 is 35.4. The molecule has 0 bridgehead atoms. The predicted molar refractivity (Wildman–Crippen MR) is 133 cm³/mol. The van der Waals surface area contributed by atoms with Gasteiger partial charge in [-0.2, -0.15) is 8.42 Å². The zero-order chi connectivity index (χ0) is 24.6. The van der Waals surface area contributed by atoms with Crippen LogP contribution < -0.4 is 10.6 Å². The molecule has 1 spiro atoms. The zero-order valence-electron chi connectivity index (χ0n) is 20.2. The van der Waals surface area contributed by atoms with E-state index in [9.17, 15) is 13.2 Å². The van der Waals surface area contributed by atoms with Crippen LogP contribution in [0.5, 0.6) is 0 Å². The van der Waals surface area contributed by atoms with Crippen molar-refractivity contribution in [1.29, 1.82) is 0 Å². The Morgan fingerprint density at radius 2 is 1.89 bits per heavy atom. The number of carbonyl (C=O) groups is 1. The Labute approximate surface area is 207 Å². The molecule has 2 heterocycles. The Morgan fingerprint density at radius 3 is 2.66 bits per heavy atom. The summed E-state index contributed by atoms with van der Waals surface area (Å²) in [5.74, 6) is -0.0421. The van der Waals surface area contributed by atoms with Crippen LogP contribution in [-0.4, -0.2) is 40.7 Å². The summed E-state index contributed by atoms with van der Waals surface area (Å²) in [5.41, 5.74) is 4.76. The number of benzene rings is 2. The molecule has 2 aliphatic heterocycles. The van der Waals surface area contributed by atoms with Crippen molar-refractivity contribution in [3.8, 4) is 0 Å². The van der Waals surface area contributed by atoms with Gasteiger partial charge in [-0.05, 0) is 68.8 Å². The molecule has 3 aliphatic rings. The molecule has 2 N–H and O–H groups in total. The fourth-order valence-corrected chi connectivity index (χ4v) is 7.07. The molecular formula is C27H32N2O5S. The van der Waals surface area contributed by atoms with Gasteiger partial charge in [0.25, 0.3) is 10.1 Å². The highest BCUT2D eigenvalue weighted by Crippen LogP contribution is 2.57. The average molecular weight is 497 g/mol. The van der Waals surface area contributed by atoms with Crippen LogP contribution in [-0.2, 0) is 29.2 Å². The molecule has 35 heavy (non-hydrogen) atoms. The van der Waals surface area contributed by atoms with E-state index in [0.29, 0.717) is 12.8 Å². The Kier molecular flexibility index (Phi) is 6.46. The van der Waals surface area contributed by atoms with Gasteiger partial charge in [0.1, 0.15) is 0 Å². The molecule has 186 valence electrons. The van der Waals surface area contributed by atoms with E-state index in [1.54, 1.807) is 24.3 Å². The third kappa shape index (κ3) is 4.17. The number of nitrogens with one attached hydrogen (secondary N) is 2. The lowest BCUT2D eigenvalue weighted by molar-refractivity contribution is -0.136. The van der Waals surface area contributed by atoms with Crippen LogP contribution in [0.3, 0.4) is 0 Å². The van der Waals surface area contributed by atoms with E-state index in [2.05, 4.69) is 28.8 Å². The Balaban J connectivity index is 1.28. The average Bonchev–Trinajstić information content (AvgIpc) is 3.45. The molecule has 1 aliphatic carbocycles. The normalized spacial score (nSPS) is 25.0. The van der Waals surface area contributed by atoms with E-state index >= 15 is 0 Å². The van der Waals surface area contributed by atoms with Crippen molar-refractivity contribution in [3.05, 3.63) is 70.9 Å². The number of unbranched alkanes of at least 4 members (excludes halogenated alkanes) is 1. The number of rotatable bonds is 8. The Bertz CT molecular complexity index is 1250. The van der Waals surface area contributed by atoms with Gasteiger partial charge in [-0.15, -0.1) is 0 Å². The fourth-order valence-electron chi connectivity index (χ4n) is 6.12. The molecular weight excluding hydrogens is 464 g/mol. The van der Waals surface area contributed by atoms with Crippen LogP contribution >= 0.6 is 0 Å². The highest BCUT2D eigenvalue weighted by atomic mass is 32.2. The van der Waals surface area contributed by atoms with E-state index in [0.717, 1.165) is 48.3 Å². The van der Waals surface area contributed by atoms with Crippen LogP contribution in [0, 0.1) is 12.8 Å². The van der Waals surface area contributed by atoms with Crippen LogP contribution in [0.25, 0.3) is 0 Å². The van der Waals surface area contributed by atoms with Crippen LogP contribution in [0.4, 0.5) is 5.69 Å². The molecule has 0 radical (unpaired) electrons. The Morgan fingerprint density at radius 1 is 1.11 bits per heavy atom. The first-order valence-electron chi connectivity index (χ1n) is 12.2. The van der Waals surface area contributed by atoms with E-state index in [1.165, 1.54) is 12.7 Å². The van der Waals surface area contributed by atoms with Crippen LogP contribution in [0.2, 0.25) is 0 Å². The molecule has 2 aromatic rings. The first kappa shape index (κ1) is 24.0. The maximum absolute atomic E-state index is 12.8. The monoisotopic (exact) mass is 496 g/mol. The second-order valence-electron chi connectivity index (χ2n) is 9.72. The van der Waals surface area contributed by atoms with Crippen molar-refractivity contribution in [1.82, 2.24) is 5.32 Å². The van der Waals surface area contributed by atoms with E-state index in [-0.39, 0.29) is 34.8 Å². The van der Waals surface area contributed by atoms with Crippen LogP contribution in [0.1, 0.15) is 43.2 Å². The third-order valence-corrected chi connectivity index (χ3v) is 9.04. The lowest BCUT2D eigenvalue weighted by Crippen LogP contribution is -2.50. The second kappa shape index (κ2) is 9.41. The van der Waals surface area contributed by atoms with E-state index < -0.39 is 10.1 Å². The number of ether oxygens (including phenoxy) is 1. The summed E-state index contributed by atoms with van der Waals surface area (Å²) in [6, 6.07) is 15.2. The third-order valence-electron chi connectivity index (χ3n) is 7.72. The van der Waals surface area contributed by atoms with Crippen molar-refractivity contribution in [3.63, 3.8) is 0 Å². The SMILES string of the molecule is COC(=O)C1=C2Nc3ccccc3[C@]23CCN[C@@H]3[C@@H](CCCCOS(=O)(=O)c2ccc(C)cc2)C1. The lowest BCUT2D eigenvalue weighted by Gasteiger charge is -2.43. The minimum absolute atomic E-state index is 0.140. The summed E-state index contributed by atoms with van der Waals surface area (Å²) in [6.45, 7) is 2.93. The van der Waals surface area contributed by atoms with Crippen LogP contribution in [0.15, 0.2) is 64.7 Å². The maximum atomic E-state index is 12.8. The first-order chi connectivity index (χ1) is 16.9. The van der Waals surface area contributed by atoms with Gasteiger partial charge in [-0.3, -0.25) is 4.18 Å². The number of carbonyl (C=O) groups excluding carboxylic acids is 1. The molecule has 3 atom stereocenters. The van der Waals surface area contributed by atoms with Gasteiger partial charge in [-0.25, -0.2) is 4.79 Å². The zero-order valence-corrected chi connectivity index (χ0v) is 21.0. The predicted octanol–water partition coefficient (Wildman–Crippen LogP) is 4.04. The van der Waals surface area contributed by atoms with Gasteiger partial charge in [0.15, 0.2) is 0 Å². The smallest absolute Gasteiger partial charge is 0.335 e. The highest BCUT2D eigenvalue weighted by Gasteiger charge is 2.58. The van der Waals surface area contributed by atoms with Crippen molar-refractivity contribution >= 4 is 21.8 Å². The Hall–Kier alpha value is -2.68. The van der Waals surface area contributed by atoms with Gasteiger partial charge < -0.3 is 15.4 Å². The van der Waals surface area contributed by atoms with Gasteiger partial charge >= 0.3 is 5.97 Å². The standard InChI is InChI=1S/C27H32N2O5S/c1-18-10-12-20(13-11-18)35(31,32)34-16-6-5-7-19-17-21(26(30)33-2)25-27(14-15-28-24(19)27)22-8-3-4-9-23(22)29-25/h3-4,8-13,19,24,28-29H,5-7,14-17H2,1-2H3/t19-,24+,27-/m0/s1. The molecule has 2 aromatic carbocycles. The largest absolute Gasteiger partial charge is 0.466 e. The molecule has 0 aromatic heterocycles. The summed E-state index contributed by atoms with van der Waals surface area (Å²) >= 11 is 0. The molecule has 8 heteroatoms. The van der Waals surface area contributed by atoms with Crippen molar-refractivity contribution < 1.29 is 22.1 Å². The summed E-state index contributed by atoms with van der Waals surface area (Å²) in [6.07, 6.45) is 3.85. The van der Waals surface area contributed by atoms with Crippen molar-refractivity contribution in [2.75, 3.05) is 25.6 Å². The molecule has 0 saturated carbocycles. The maximum Gasteiger partial charge on any atom is 0.335 e. The summed E-state index contributed by atoms with van der Waals surface area (Å²) in [7, 11) is -2.32. The number of hydrogen-bond acceptors (Lipinski definition) is 7. The number of para-hydroxylation sites is 1. The molecule has 7 nitrogen and oxygen atoms in total. The summed E-state index contributed by atoms with van der Waals surface area (Å²) in [5, 5.41) is 7.28. The number of fused-ring (bicyclic) bond motifs is 1. The topological polar surface area (TPSA) is 93.7 Å². The fraction of sp³-hybridized carbons (Fsp3) is 0.444. The number of methoxy groups -OCH3 is 1. The van der Waals surface area contributed by atoms with E-state index in [4.69, 9.17) is 8.92 Å². The van der Waals surface area contributed by atoms with Gasteiger partial charge in [0, 0.05) is 17.4 Å². The quantitative estimate of drug-likeness (QED) is 0.324. The molecule has 1 saturated heterocycles. The molecule has 0 unspecified atom stereocenters. The second-order valence-corrected chi connectivity index (χ2v) is 11.3. The summed E-state index contributed by atoms with van der Waals surface area (Å²) in [4.78, 5) is 13.0. The van der Waals surface area contributed by atoms with Crippen molar-refractivity contribution in [2.24, 2.45) is 5.92 Å². The van der Waals surface area contributed by atoms with Gasteiger partial charge in [-0.1, -0.05) is 42.3 Å². The van der Waals surface area contributed by atoms with Crippen molar-refractivity contribution in [2.45, 2.75) is 55.4 Å². The number of aryl methyl sites for hydroxylation is 1. The molecule has 0 amide bonds. The minimum Gasteiger partial charge on any atom is -0.466 e. The van der Waals surface area contributed by atoms with E-state index in [1.807, 2.05) is 13.0 Å². The molecule has 5 rings (SSSR count).